The second kappa shape index (κ2) is 10.1. The van der Waals surface area contributed by atoms with Gasteiger partial charge in [0.2, 0.25) is 0 Å². The molecule has 0 radical (unpaired) electrons. The fourth-order valence-electron chi connectivity index (χ4n) is 3.00. The Balaban J connectivity index is 1.66. The maximum atomic E-state index is 12.3. The molecule has 31 heavy (non-hydrogen) atoms. The van der Waals surface area contributed by atoms with E-state index in [4.69, 9.17) is 15.2 Å². The summed E-state index contributed by atoms with van der Waals surface area (Å²) in [5.74, 6) is 0.893. The van der Waals surface area contributed by atoms with Crippen LogP contribution in [-0.2, 0) is 13.0 Å². The number of rotatable bonds is 8. The molecule has 3 aromatic rings. The highest BCUT2D eigenvalue weighted by Crippen LogP contribution is 2.29. The molecule has 162 valence electrons. The molecule has 0 aliphatic carbocycles. The maximum Gasteiger partial charge on any atom is 0.283 e. The molecular weight excluding hydrogens is 412 g/mol. The van der Waals surface area contributed by atoms with E-state index in [1.807, 2.05) is 19.1 Å². The van der Waals surface area contributed by atoms with Gasteiger partial charge in [0.25, 0.3) is 5.91 Å². The number of nitrogens with two attached hydrogens (primary N) is 1. The number of nitrogens with zero attached hydrogens (tertiary/aromatic N) is 2. The predicted molar refractivity (Wildman–Crippen MR) is 124 cm³/mol. The molecular formula is C23H26N4O3S. The molecule has 0 aliphatic rings. The van der Waals surface area contributed by atoms with Crippen LogP contribution in [0.3, 0.4) is 0 Å². The molecule has 7 nitrogen and oxygen atoms in total. The monoisotopic (exact) mass is 438 g/mol. The normalized spacial score (nSPS) is 11.0. The quantitative estimate of drug-likeness (QED) is 0.404. The Bertz CT molecular complexity index is 1110. The number of nitrogen functional groups attached to an aromatic ring is 1. The first kappa shape index (κ1) is 22.3. The number of hydrogen-bond donors (Lipinski definition) is 2. The molecule has 0 unspecified atom stereocenters. The summed E-state index contributed by atoms with van der Waals surface area (Å²) in [5.41, 5.74) is 13.1. The number of nitrogens with one attached hydrogen (secondary N) is 1. The minimum Gasteiger partial charge on any atom is -0.493 e. The number of hydrogen-bond acceptors (Lipinski definition) is 7. The van der Waals surface area contributed by atoms with Crippen LogP contribution in [0.25, 0.3) is 0 Å². The van der Waals surface area contributed by atoms with E-state index >= 15 is 0 Å². The molecule has 0 saturated heterocycles. The number of aromatic nitrogens is 1. The van der Waals surface area contributed by atoms with E-state index in [0.717, 1.165) is 22.5 Å². The molecule has 0 bridgehead atoms. The minimum atomic E-state index is -0.331. The van der Waals surface area contributed by atoms with E-state index in [-0.39, 0.29) is 5.91 Å². The van der Waals surface area contributed by atoms with Crippen LogP contribution >= 0.6 is 11.3 Å². The number of methoxy groups -OCH3 is 1. The molecule has 0 fully saturated rings. The molecule has 1 aromatic heterocycles. The summed E-state index contributed by atoms with van der Waals surface area (Å²) in [6, 6.07) is 11.8. The van der Waals surface area contributed by atoms with Crippen molar-refractivity contribution in [1.82, 2.24) is 10.4 Å². The Morgan fingerprint density at radius 2 is 2.03 bits per heavy atom. The second-order valence-corrected chi connectivity index (χ2v) is 8.04. The molecule has 3 N–H and O–H groups in total. The van der Waals surface area contributed by atoms with E-state index in [9.17, 15) is 4.79 Å². The Hall–Kier alpha value is -3.39. The Morgan fingerprint density at radius 1 is 1.23 bits per heavy atom. The topological polar surface area (TPSA) is 98.8 Å². The molecule has 0 aliphatic heterocycles. The number of aryl methyl sites for hydroxylation is 3. The molecule has 0 spiro atoms. The number of hydrazone groups is 1. The Labute approximate surface area is 185 Å². The zero-order chi connectivity index (χ0) is 22.4. The smallest absolute Gasteiger partial charge is 0.283 e. The average Bonchev–Trinajstić information content (AvgIpc) is 3.15. The van der Waals surface area contributed by atoms with Crippen LogP contribution in [0.5, 0.6) is 11.5 Å². The lowest BCUT2D eigenvalue weighted by molar-refractivity contribution is 0.0958. The van der Waals surface area contributed by atoms with Crippen LogP contribution in [0.15, 0.2) is 41.5 Å². The van der Waals surface area contributed by atoms with E-state index < -0.39 is 0 Å². The van der Waals surface area contributed by atoms with E-state index in [0.29, 0.717) is 40.2 Å². The summed E-state index contributed by atoms with van der Waals surface area (Å²) in [6.07, 6.45) is 2.17. The first-order valence-electron chi connectivity index (χ1n) is 9.86. The number of carbonyl (C=O) groups excluding carboxylic acids is 1. The van der Waals surface area contributed by atoms with Crippen molar-refractivity contribution >= 4 is 28.6 Å². The number of thiazole rings is 1. The summed E-state index contributed by atoms with van der Waals surface area (Å²) in [5, 5.41) is 4.41. The average molecular weight is 439 g/mol. The van der Waals surface area contributed by atoms with Crippen LogP contribution < -0.4 is 20.6 Å². The molecule has 1 amide bonds. The second-order valence-electron chi connectivity index (χ2n) is 7.01. The fourth-order valence-corrected chi connectivity index (χ4v) is 3.81. The van der Waals surface area contributed by atoms with Gasteiger partial charge in [0, 0.05) is 0 Å². The molecule has 0 saturated carbocycles. The third kappa shape index (κ3) is 5.61. The van der Waals surface area contributed by atoms with Gasteiger partial charge in [0.15, 0.2) is 16.6 Å². The zero-order valence-electron chi connectivity index (χ0n) is 18.1. The molecule has 1 heterocycles. The molecule has 8 heteroatoms. The minimum absolute atomic E-state index is 0.331. The van der Waals surface area contributed by atoms with E-state index in [1.54, 1.807) is 19.4 Å². The Kier molecular flexibility index (Phi) is 7.25. The molecule has 0 atom stereocenters. The predicted octanol–water partition coefficient (Wildman–Crippen LogP) is 4.26. The summed E-state index contributed by atoms with van der Waals surface area (Å²) in [6.45, 7) is 6.49. The van der Waals surface area contributed by atoms with Crippen molar-refractivity contribution in [2.75, 3.05) is 12.8 Å². The van der Waals surface area contributed by atoms with Gasteiger partial charge in [-0.1, -0.05) is 42.0 Å². The van der Waals surface area contributed by atoms with Crippen LogP contribution in [-0.4, -0.2) is 24.2 Å². The van der Waals surface area contributed by atoms with Gasteiger partial charge in [0.05, 0.1) is 19.0 Å². The SMILES string of the molecule is CCc1nc(N)sc1C(=O)N/N=C\c1ccc(OCc2cc(C)ccc2C)c(OC)c1. The van der Waals surface area contributed by atoms with Gasteiger partial charge in [-0.2, -0.15) is 5.10 Å². The summed E-state index contributed by atoms with van der Waals surface area (Å²) in [4.78, 5) is 17.0. The van der Waals surface area contributed by atoms with Crippen molar-refractivity contribution < 1.29 is 14.3 Å². The van der Waals surface area contributed by atoms with Crippen molar-refractivity contribution in [2.45, 2.75) is 33.8 Å². The highest BCUT2D eigenvalue weighted by molar-refractivity contribution is 7.17. The van der Waals surface area contributed by atoms with Crippen LogP contribution in [0.1, 0.15) is 44.5 Å². The van der Waals surface area contributed by atoms with Gasteiger partial charge >= 0.3 is 0 Å². The van der Waals surface area contributed by atoms with E-state index in [2.05, 4.69) is 47.6 Å². The van der Waals surface area contributed by atoms with Gasteiger partial charge in [-0.25, -0.2) is 10.4 Å². The van der Waals surface area contributed by atoms with Crippen LogP contribution in [0.2, 0.25) is 0 Å². The standard InChI is InChI=1S/C23H26N4O3S/c1-5-18-21(31-23(24)26-18)22(28)27-25-12-16-8-9-19(20(11-16)29-4)30-13-17-10-14(2)6-7-15(17)3/h6-12H,5,13H2,1-4H3,(H2,24,26)(H,27,28)/b25-12-. The lowest BCUT2D eigenvalue weighted by atomic mass is 10.1. The molecule has 2 aromatic carbocycles. The molecule has 3 rings (SSSR count). The number of ether oxygens (including phenoxy) is 2. The van der Waals surface area contributed by atoms with Gasteiger partial charge < -0.3 is 15.2 Å². The summed E-state index contributed by atoms with van der Waals surface area (Å²) >= 11 is 1.15. The Morgan fingerprint density at radius 3 is 2.77 bits per heavy atom. The lowest BCUT2D eigenvalue weighted by Gasteiger charge is -2.13. The number of anilines is 1. The van der Waals surface area contributed by atoms with Crippen molar-refractivity contribution in [3.8, 4) is 11.5 Å². The number of amides is 1. The largest absolute Gasteiger partial charge is 0.493 e. The van der Waals surface area contributed by atoms with Gasteiger partial charge in [-0.05, 0) is 55.2 Å². The number of carbonyl (C=O) groups is 1. The third-order valence-electron chi connectivity index (χ3n) is 4.71. The van der Waals surface area contributed by atoms with E-state index in [1.165, 1.54) is 11.1 Å². The van der Waals surface area contributed by atoms with Crippen LogP contribution in [0.4, 0.5) is 5.13 Å². The van der Waals surface area contributed by atoms with Crippen molar-refractivity contribution in [2.24, 2.45) is 5.10 Å². The van der Waals surface area contributed by atoms with Crippen molar-refractivity contribution in [1.29, 1.82) is 0 Å². The summed E-state index contributed by atoms with van der Waals surface area (Å²) < 4.78 is 11.4. The number of benzene rings is 2. The zero-order valence-corrected chi connectivity index (χ0v) is 18.9. The highest BCUT2D eigenvalue weighted by Gasteiger charge is 2.15. The van der Waals surface area contributed by atoms with Crippen LogP contribution in [0, 0.1) is 13.8 Å². The van der Waals surface area contributed by atoms with Gasteiger partial charge in [0.1, 0.15) is 11.5 Å². The van der Waals surface area contributed by atoms with Gasteiger partial charge in [-0.15, -0.1) is 0 Å². The maximum absolute atomic E-state index is 12.3. The third-order valence-corrected chi connectivity index (χ3v) is 5.64. The summed E-state index contributed by atoms with van der Waals surface area (Å²) in [7, 11) is 1.59. The van der Waals surface area contributed by atoms with Crippen molar-refractivity contribution in [3.63, 3.8) is 0 Å². The fraction of sp³-hybridized carbons (Fsp3) is 0.261. The highest BCUT2D eigenvalue weighted by atomic mass is 32.1. The van der Waals surface area contributed by atoms with Gasteiger partial charge in [-0.3, -0.25) is 4.79 Å². The van der Waals surface area contributed by atoms with Crippen molar-refractivity contribution in [3.05, 3.63) is 69.2 Å². The lowest BCUT2D eigenvalue weighted by Crippen LogP contribution is -2.17. The first-order chi connectivity index (χ1) is 14.9. The first-order valence-corrected chi connectivity index (χ1v) is 10.7.